The van der Waals surface area contributed by atoms with Gasteiger partial charge in [0.2, 0.25) is 0 Å². The second-order valence-corrected chi connectivity index (χ2v) is 8.25. The lowest BCUT2D eigenvalue weighted by Crippen LogP contribution is -2.33. The summed E-state index contributed by atoms with van der Waals surface area (Å²) >= 11 is 6.67. The lowest BCUT2D eigenvalue weighted by atomic mass is 10.0. The van der Waals surface area contributed by atoms with Crippen LogP contribution in [0, 0.1) is 18.3 Å². The van der Waals surface area contributed by atoms with Crippen molar-refractivity contribution < 1.29 is 4.79 Å². The smallest absolute Gasteiger partial charge is 0.270 e. The lowest BCUT2D eigenvalue weighted by Gasteiger charge is -2.27. The summed E-state index contributed by atoms with van der Waals surface area (Å²) < 4.78 is 2.06. The minimum Gasteiger partial charge on any atom is -0.358 e. The molecule has 2 heterocycles. The molecular formula is C20H26N4O2S2. The summed E-state index contributed by atoms with van der Waals surface area (Å²) in [5.74, 6) is 0.603. The van der Waals surface area contributed by atoms with Crippen molar-refractivity contribution in [3.8, 4) is 6.07 Å². The van der Waals surface area contributed by atoms with Crippen molar-refractivity contribution in [3.05, 3.63) is 31.9 Å². The Morgan fingerprint density at radius 1 is 1.25 bits per heavy atom. The van der Waals surface area contributed by atoms with E-state index in [0.717, 1.165) is 18.4 Å². The maximum atomic E-state index is 12.9. The van der Waals surface area contributed by atoms with Gasteiger partial charge in [0.25, 0.3) is 11.5 Å². The number of anilines is 1. The zero-order chi connectivity index (χ0) is 21.0. The van der Waals surface area contributed by atoms with Crippen LogP contribution in [0.5, 0.6) is 0 Å². The van der Waals surface area contributed by atoms with Crippen LogP contribution in [0.3, 0.4) is 0 Å². The third kappa shape index (κ3) is 4.01. The van der Waals surface area contributed by atoms with Gasteiger partial charge >= 0.3 is 0 Å². The first-order valence-corrected chi connectivity index (χ1v) is 10.7. The third-order valence-electron chi connectivity index (χ3n) is 4.92. The van der Waals surface area contributed by atoms with E-state index in [1.807, 2.05) is 19.9 Å². The molecule has 0 N–H and O–H groups in total. The Bertz CT molecular complexity index is 924. The molecule has 0 aliphatic carbocycles. The fourth-order valence-electron chi connectivity index (χ4n) is 3.26. The molecule has 0 saturated carbocycles. The number of carbonyl (C=O) groups excluding carboxylic acids is 1. The average molecular weight is 419 g/mol. The number of hydrogen-bond acceptors (Lipinski definition) is 6. The fraction of sp³-hybridized carbons (Fsp3) is 0.500. The van der Waals surface area contributed by atoms with Gasteiger partial charge in [-0.15, -0.1) is 0 Å². The van der Waals surface area contributed by atoms with Gasteiger partial charge < -0.3 is 4.90 Å². The summed E-state index contributed by atoms with van der Waals surface area (Å²) in [6.07, 6.45) is 3.66. The Kier molecular flexibility index (Phi) is 7.44. The molecule has 6 nitrogen and oxygen atoms in total. The number of unbranched alkanes of at least 4 members (excludes halogenated alkanes) is 1. The number of thioether (sulfide) groups is 1. The highest BCUT2D eigenvalue weighted by Gasteiger charge is 2.32. The van der Waals surface area contributed by atoms with E-state index in [2.05, 4.69) is 11.8 Å². The van der Waals surface area contributed by atoms with E-state index in [0.29, 0.717) is 40.2 Å². The second kappa shape index (κ2) is 9.39. The van der Waals surface area contributed by atoms with Crippen LogP contribution in [0.4, 0.5) is 5.82 Å². The zero-order valence-electron chi connectivity index (χ0n) is 17.0. The average Bonchev–Trinajstić information content (AvgIpc) is 2.94. The van der Waals surface area contributed by atoms with Crippen LogP contribution in [0.1, 0.15) is 50.3 Å². The van der Waals surface area contributed by atoms with E-state index < -0.39 is 0 Å². The van der Waals surface area contributed by atoms with E-state index >= 15 is 0 Å². The monoisotopic (exact) mass is 418 g/mol. The number of nitriles is 1. The van der Waals surface area contributed by atoms with Crippen LogP contribution in [-0.4, -0.2) is 39.3 Å². The van der Waals surface area contributed by atoms with Gasteiger partial charge in [-0.05, 0) is 38.8 Å². The number of amides is 1. The molecule has 0 spiro atoms. The predicted octanol–water partition coefficient (Wildman–Crippen LogP) is 3.41. The Morgan fingerprint density at radius 2 is 1.89 bits per heavy atom. The quantitative estimate of drug-likeness (QED) is 0.499. The topological polar surface area (TPSA) is 69.3 Å². The van der Waals surface area contributed by atoms with E-state index in [-0.39, 0.29) is 17.0 Å². The highest BCUT2D eigenvalue weighted by Crippen LogP contribution is 2.35. The molecule has 150 valence electrons. The van der Waals surface area contributed by atoms with Crippen LogP contribution in [-0.2, 0) is 11.8 Å². The molecule has 1 aliphatic rings. The van der Waals surface area contributed by atoms with Crippen molar-refractivity contribution in [2.24, 2.45) is 7.05 Å². The highest BCUT2D eigenvalue weighted by atomic mass is 32.2. The maximum absolute atomic E-state index is 12.9. The van der Waals surface area contributed by atoms with Gasteiger partial charge in [-0.1, -0.05) is 37.3 Å². The first-order valence-electron chi connectivity index (χ1n) is 9.46. The summed E-state index contributed by atoms with van der Waals surface area (Å²) in [4.78, 5) is 29.7. The zero-order valence-corrected chi connectivity index (χ0v) is 18.7. The van der Waals surface area contributed by atoms with Crippen LogP contribution >= 0.6 is 24.0 Å². The van der Waals surface area contributed by atoms with Gasteiger partial charge in [0.1, 0.15) is 21.8 Å². The van der Waals surface area contributed by atoms with Crippen molar-refractivity contribution in [2.75, 3.05) is 24.5 Å². The van der Waals surface area contributed by atoms with Gasteiger partial charge in [0, 0.05) is 32.2 Å². The first-order chi connectivity index (χ1) is 13.3. The molecule has 1 aromatic rings. The molecular weight excluding hydrogens is 392 g/mol. The van der Waals surface area contributed by atoms with Gasteiger partial charge in [0.05, 0.1) is 4.91 Å². The van der Waals surface area contributed by atoms with Gasteiger partial charge in [-0.3, -0.25) is 19.1 Å². The molecule has 1 aromatic heterocycles. The number of nitrogens with zero attached hydrogens (tertiary/aromatic N) is 4. The standard InChI is InChI=1S/C20H26N4O2S2/c1-6-9-10-24-19(26)16(28-20(24)27)11-14-13(4)15(12-21)18(25)22(5)17(14)23(7-2)8-3/h11H,6-10H2,1-5H3/b16-11-. The number of carbonyl (C=O) groups is 1. The van der Waals surface area contributed by atoms with E-state index in [1.165, 1.54) is 16.3 Å². The number of thiocarbonyl (C=S) groups is 1. The van der Waals surface area contributed by atoms with Crippen molar-refractivity contribution in [3.63, 3.8) is 0 Å². The first kappa shape index (κ1) is 22.2. The van der Waals surface area contributed by atoms with Crippen LogP contribution < -0.4 is 10.5 Å². The molecule has 0 atom stereocenters. The van der Waals surface area contributed by atoms with Crippen LogP contribution in [0.2, 0.25) is 0 Å². The molecule has 28 heavy (non-hydrogen) atoms. The largest absolute Gasteiger partial charge is 0.358 e. The highest BCUT2D eigenvalue weighted by molar-refractivity contribution is 8.26. The molecule has 8 heteroatoms. The lowest BCUT2D eigenvalue weighted by molar-refractivity contribution is -0.122. The third-order valence-corrected chi connectivity index (χ3v) is 6.29. The van der Waals surface area contributed by atoms with Gasteiger partial charge in [-0.2, -0.15) is 5.26 Å². The normalized spacial score (nSPS) is 15.4. The Morgan fingerprint density at radius 3 is 2.43 bits per heavy atom. The Labute approximate surface area is 175 Å². The summed E-state index contributed by atoms with van der Waals surface area (Å²) in [6.45, 7) is 9.86. The molecule has 0 radical (unpaired) electrons. The van der Waals surface area contributed by atoms with Gasteiger partial charge in [-0.25, -0.2) is 0 Å². The molecule has 2 rings (SSSR count). The van der Waals surface area contributed by atoms with E-state index in [1.54, 1.807) is 24.9 Å². The number of hydrogen-bond donors (Lipinski definition) is 0. The van der Waals surface area contributed by atoms with Crippen molar-refractivity contribution in [2.45, 2.75) is 40.5 Å². The molecule has 1 amide bonds. The van der Waals surface area contributed by atoms with Crippen LogP contribution in [0.25, 0.3) is 6.08 Å². The van der Waals surface area contributed by atoms with Crippen molar-refractivity contribution in [1.29, 1.82) is 5.26 Å². The summed E-state index contributed by atoms with van der Waals surface area (Å²) in [6, 6.07) is 2.02. The fourth-order valence-corrected chi connectivity index (χ4v) is 4.55. The predicted molar refractivity (Wildman–Crippen MR) is 119 cm³/mol. The Balaban J connectivity index is 2.68. The Hall–Kier alpha value is -2.11. The van der Waals surface area contributed by atoms with Crippen LogP contribution in [0.15, 0.2) is 9.70 Å². The minimum absolute atomic E-state index is 0.103. The van der Waals surface area contributed by atoms with E-state index in [4.69, 9.17) is 12.2 Å². The van der Waals surface area contributed by atoms with Crippen molar-refractivity contribution >= 4 is 46.1 Å². The summed E-state index contributed by atoms with van der Waals surface area (Å²) in [5.41, 5.74) is 1.09. The SMILES string of the molecule is CCCCN1C(=O)/C(=C/c2c(C)c(C#N)c(=O)n(C)c2N(CC)CC)SC1=S. The molecule has 0 aromatic carbocycles. The van der Waals surface area contributed by atoms with Crippen molar-refractivity contribution in [1.82, 2.24) is 9.47 Å². The second-order valence-electron chi connectivity index (χ2n) is 6.57. The maximum Gasteiger partial charge on any atom is 0.270 e. The summed E-state index contributed by atoms with van der Waals surface area (Å²) in [7, 11) is 1.67. The molecule has 1 fully saturated rings. The minimum atomic E-state index is -0.324. The molecule has 1 aliphatic heterocycles. The number of rotatable bonds is 7. The van der Waals surface area contributed by atoms with E-state index in [9.17, 15) is 14.9 Å². The van der Waals surface area contributed by atoms with Gasteiger partial charge in [0.15, 0.2) is 0 Å². The molecule has 0 bridgehead atoms. The molecule has 0 unspecified atom stereocenters. The summed E-state index contributed by atoms with van der Waals surface area (Å²) in [5, 5.41) is 9.49. The number of pyridine rings is 1. The number of aromatic nitrogens is 1. The molecule has 1 saturated heterocycles.